The van der Waals surface area contributed by atoms with Crippen molar-refractivity contribution in [1.29, 1.82) is 0 Å². The number of guanidine groups is 1. The third-order valence-electron chi connectivity index (χ3n) is 3.63. The van der Waals surface area contributed by atoms with Crippen LogP contribution in [-0.2, 0) is 17.5 Å². The van der Waals surface area contributed by atoms with Crippen LogP contribution in [0.15, 0.2) is 23.2 Å². The summed E-state index contributed by atoms with van der Waals surface area (Å²) in [7, 11) is 1.53. The second-order valence-electron chi connectivity index (χ2n) is 5.88. The Morgan fingerprint density at radius 3 is 2.52 bits per heavy atom. The average molecular weight is 333 g/mol. The lowest BCUT2D eigenvalue weighted by Crippen LogP contribution is -2.50. The van der Waals surface area contributed by atoms with E-state index in [0.717, 1.165) is 12.1 Å². The van der Waals surface area contributed by atoms with Crippen molar-refractivity contribution in [1.82, 2.24) is 10.6 Å². The number of ether oxygens (including phenoxy) is 1. The summed E-state index contributed by atoms with van der Waals surface area (Å²) in [6, 6.07) is 2.63. The molecule has 0 saturated carbocycles. The van der Waals surface area contributed by atoms with E-state index in [2.05, 4.69) is 15.6 Å². The molecule has 1 saturated heterocycles. The normalized spacial score (nSPS) is 17.6. The van der Waals surface area contributed by atoms with Crippen LogP contribution in [-0.4, -0.2) is 32.8 Å². The first kappa shape index (κ1) is 17.5. The maximum atomic E-state index is 13.1. The molecule has 0 amide bonds. The van der Waals surface area contributed by atoms with Gasteiger partial charge in [0, 0.05) is 25.6 Å². The number of hydrogen-bond acceptors (Lipinski definition) is 2. The van der Waals surface area contributed by atoms with Crippen LogP contribution >= 0.6 is 0 Å². The summed E-state index contributed by atoms with van der Waals surface area (Å²) in [5.41, 5.74) is -1.02. The number of hydrogen-bond donors (Lipinski definition) is 2. The molecule has 8 heteroatoms. The number of rotatable bonds is 4. The van der Waals surface area contributed by atoms with E-state index >= 15 is 0 Å². The minimum atomic E-state index is -4.60. The lowest BCUT2D eigenvalue weighted by Gasteiger charge is -2.38. The molecule has 1 fully saturated rings. The lowest BCUT2D eigenvalue weighted by molar-refractivity contribution is -0.138. The number of benzene rings is 1. The monoisotopic (exact) mass is 333 g/mol. The van der Waals surface area contributed by atoms with Crippen LogP contribution in [0.4, 0.5) is 17.6 Å². The SMILES string of the molecule is CN=C(NCc1ccc(F)cc1C(F)(F)F)NCC1(C)COC1. The maximum absolute atomic E-state index is 13.1. The predicted molar refractivity (Wildman–Crippen MR) is 78.5 cm³/mol. The molecule has 1 aliphatic rings. The smallest absolute Gasteiger partial charge is 0.380 e. The van der Waals surface area contributed by atoms with Crippen molar-refractivity contribution in [2.75, 3.05) is 26.8 Å². The summed E-state index contributed by atoms with van der Waals surface area (Å²) in [5, 5.41) is 5.87. The van der Waals surface area contributed by atoms with Gasteiger partial charge in [-0.25, -0.2) is 4.39 Å². The molecular weight excluding hydrogens is 314 g/mol. The van der Waals surface area contributed by atoms with Crippen LogP contribution in [0.1, 0.15) is 18.1 Å². The van der Waals surface area contributed by atoms with Gasteiger partial charge in [-0.05, 0) is 17.7 Å². The number of nitrogens with zero attached hydrogens (tertiary/aromatic N) is 1. The summed E-state index contributed by atoms with van der Waals surface area (Å²) in [6.07, 6.45) is -4.60. The summed E-state index contributed by atoms with van der Waals surface area (Å²) in [4.78, 5) is 3.97. The Labute approximate surface area is 131 Å². The highest BCUT2D eigenvalue weighted by Gasteiger charge is 2.34. The molecule has 2 N–H and O–H groups in total. The molecule has 23 heavy (non-hydrogen) atoms. The first-order chi connectivity index (χ1) is 10.7. The van der Waals surface area contributed by atoms with Crippen molar-refractivity contribution < 1.29 is 22.3 Å². The van der Waals surface area contributed by atoms with Gasteiger partial charge in [0.2, 0.25) is 0 Å². The molecule has 0 radical (unpaired) electrons. The third-order valence-corrected chi connectivity index (χ3v) is 3.63. The molecule has 1 aromatic rings. The van der Waals surface area contributed by atoms with Gasteiger partial charge in [-0.3, -0.25) is 4.99 Å². The topological polar surface area (TPSA) is 45.7 Å². The quantitative estimate of drug-likeness (QED) is 0.506. The van der Waals surface area contributed by atoms with Crippen LogP contribution < -0.4 is 10.6 Å². The van der Waals surface area contributed by atoms with Gasteiger partial charge in [-0.2, -0.15) is 13.2 Å². The van der Waals surface area contributed by atoms with Crippen molar-refractivity contribution >= 4 is 5.96 Å². The van der Waals surface area contributed by atoms with Crippen molar-refractivity contribution in [3.63, 3.8) is 0 Å². The van der Waals surface area contributed by atoms with Crippen LogP contribution in [0.3, 0.4) is 0 Å². The minimum absolute atomic E-state index is 0.00459. The molecule has 0 atom stereocenters. The molecule has 0 bridgehead atoms. The molecule has 0 aromatic heterocycles. The second kappa shape index (κ2) is 6.74. The predicted octanol–water partition coefficient (Wildman–Crippen LogP) is 2.55. The highest BCUT2D eigenvalue weighted by molar-refractivity contribution is 5.79. The van der Waals surface area contributed by atoms with Crippen molar-refractivity contribution in [3.8, 4) is 0 Å². The number of aliphatic imine (C=N–C) groups is 1. The molecule has 1 aliphatic heterocycles. The van der Waals surface area contributed by atoms with E-state index in [4.69, 9.17) is 4.74 Å². The average Bonchev–Trinajstić information content (AvgIpc) is 2.45. The molecular formula is C15H19F4N3O. The van der Waals surface area contributed by atoms with E-state index in [1.165, 1.54) is 7.05 Å². The molecule has 1 aromatic carbocycles. The molecule has 0 aliphatic carbocycles. The Bertz CT molecular complexity index is 583. The standard InChI is InChI=1S/C15H19F4N3O/c1-14(8-23-9-14)7-22-13(20-2)21-6-10-3-4-11(16)5-12(10)15(17,18)19/h3-5H,6-9H2,1-2H3,(H2,20,21,22). The van der Waals surface area contributed by atoms with E-state index in [-0.39, 0.29) is 17.5 Å². The molecule has 4 nitrogen and oxygen atoms in total. The van der Waals surface area contributed by atoms with Gasteiger partial charge in [0.25, 0.3) is 0 Å². The minimum Gasteiger partial charge on any atom is -0.380 e. The summed E-state index contributed by atoms with van der Waals surface area (Å²) in [5.74, 6) is -0.530. The zero-order valence-electron chi connectivity index (χ0n) is 12.9. The zero-order valence-corrected chi connectivity index (χ0v) is 12.9. The fourth-order valence-corrected chi connectivity index (χ4v) is 2.22. The van der Waals surface area contributed by atoms with E-state index in [1.54, 1.807) is 0 Å². The van der Waals surface area contributed by atoms with Gasteiger partial charge in [-0.1, -0.05) is 13.0 Å². The molecule has 128 valence electrons. The van der Waals surface area contributed by atoms with Crippen LogP contribution in [0, 0.1) is 11.2 Å². The van der Waals surface area contributed by atoms with Crippen molar-refractivity contribution in [2.24, 2.45) is 10.4 Å². The maximum Gasteiger partial charge on any atom is 0.416 e. The van der Waals surface area contributed by atoms with Crippen LogP contribution in [0.25, 0.3) is 0 Å². The Morgan fingerprint density at radius 2 is 2.00 bits per heavy atom. The van der Waals surface area contributed by atoms with Gasteiger partial charge in [0.1, 0.15) is 5.82 Å². The molecule has 1 heterocycles. The zero-order chi connectivity index (χ0) is 17.1. The van der Waals surface area contributed by atoms with Gasteiger partial charge in [0.15, 0.2) is 5.96 Å². The van der Waals surface area contributed by atoms with Gasteiger partial charge in [-0.15, -0.1) is 0 Å². The Kier molecular flexibility index (Phi) is 5.13. The Morgan fingerprint density at radius 1 is 1.30 bits per heavy atom. The fraction of sp³-hybridized carbons (Fsp3) is 0.533. The number of alkyl halides is 3. The first-order valence-corrected chi connectivity index (χ1v) is 7.11. The molecule has 0 unspecified atom stereocenters. The van der Waals surface area contributed by atoms with E-state index in [0.29, 0.717) is 31.8 Å². The van der Waals surface area contributed by atoms with Crippen LogP contribution in [0.2, 0.25) is 0 Å². The van der Waals surface area contributed by atoms with Gasteiger partial charge >= 0.3 is 6.18 Å². The second-order valence-corrected chi connectivity index (χ2v) is 5.88. The highest BCUT2D eigenvalue weighted by atomic mass is 19.4. The third kappa shape index (κ3) is 4.57. The Hall–Kier alpha value is -1.83. The van der Waals surface area contributed by atoms with E-state index < -0.39 is 17.6 Å². The summed E-state index contributed by atoms with van der Waals surface area (Å²) < 4.78 is 57.0. The highest BCUT2D eigenvalue weighted by Crippen LogP contribution is 2.32. The number of halogens is 4. The first-order valence-electron chi connectivity index (χ1n) is 7.11. The summed E-state index contributed by atoms with van der Waals surface area (Å²) >= 11 is 0. The molecule has 0 spiro atoms. The van der Waals surface area contributed by atoms with E-state index in [1.807, 2.05) is 6.92 Å². The van der Waals surface area contributed by atoms with E-state index in [9.17, 15) is 17.6 Å². The largest absolute Gasteiger partial charge is 0.416 e. The number of nitrogens with one attached hydrogen (secondary N) is 2. The molecule has 2 rings (SSSR count). The van der Waals surface area contributed by atoms with Crippen molar-refractivity contribution in [2.45, 2.75) is 19.6 Å². The lowest BCUT2D eigenvalue weighted by atomic mass is 9.89. The van der Waals surface area contributed by atoms with Crippen LogP contribution in [0.5, 0.6) is 0 Å². The Balaban J connectivity index is 1.99. The van der Waals surface area contributed by atoms with Gasteiger partial charge < -0.3 is 15.4 Å². The van der Waals surface area contributed by atoms with Crippen molar-refractivity contribution in [3.05, 3.63) is 35.1 Å². The summed E-state index contributed by atoms with van der Waals surface area (Å²) in [6.45, 7) is 3.79. The fourth-order valence-electron chi connectivity index (χ4n) is 2.22. The van der Waals surface area contributed by atoms with Gasteiger partial charge in [0.05, 0.1) is 18.8 Å².